The second-order valence-electron chi connectivity index (χ2n) is 19.1. The monoisotopic (exact) mass is 941 g/mol. The van der Waals surface area contributed by atoms with E-state index in [9.17, 15) is 24.3 Å². The van der Waals surface area contributed by atoms with Crippen LogP contribution in [0.25, 0.3) is 11.3 Å². The summed E-state index contributed by atoms with van der Waals surface area (Å²) in [4.78, 5) is 64.7. The van der Waals surface area contributed by atoms with Gasteiger partial charge in [0.05, 0.1) is 24.0 Å². The summed E-state index contributed by atoms with van der Waals surface area (Å²) in [6, 6.07) is 6.48. The van der Waals surface area contributed by atoms with Crippen molar-refractivity contribution in [1.82, 2.24) is 39.7 Å². The normalized spacial score (nSPS) is 34.6. The number of anilines is 2. The number of cyclic esters (lactones) is 1. The van der Waals surface area contributed by atoms with Crippen LogP contribution in [0.1, 0.15) is 80.6 Å². The molecule has 3 aliphatic rings. The first kappa shape index (κ1) is 51.3. The van der Waals surface area contributed by atoms with E-state index in [4.69, 9.17) is 35.2 Å². The fraction of sp³-hybridized carbons (Fsp3) is 0.674. The maximum Gasteiger partial charge on any atom is 0.412 e. The first-order chi connectivity index (χ1) is 31.6. The number of aliphatic hydroxyl groups is 1. The molecule has 20 nitrogen and oxygen atoms in total. The third-order valence-electron chi connectivity index (χ3n) is 13.6. The Labute approximate surface area is 390 Å². The molecule has 0 spiro atoms. The standard InChI is InChI=1S/C46H69FN10O10/c1-11-34-46(57-20-17-35(49)51-42(57)61)37(56(43(62)67-46)19-13-12-18-55-25-32(52-53-55)30-15-14-16-31(48)22-30)29(5)50-24-26(2)23-44(6,63-10)39(28(4)38(59)45(7,47)41(60)65-34)66-40-36(58)33(54(8)9)21-27(3)64-40/h14-17,20,22,25-29,33-34,36-37,39-40,50,58H,11-13,18-19,21,23-24,48H2,1-10H3,(H2,49,51,61)/t26-,27-,28-,29-,33?,34-,36?,37-,39-,40+,44-,45?,46-/m1/s1. The highest BCUT2D eigenvalue weighted by atomic mass is 19.1. The highest BCUT2D eigenvalue weighted by molar-refractivity contribution is 6.07. The van der Waals surface area contributed by atoms with E-state index in [1.54, 1.807) is 36.9 Å². The summed E-state index contributed by atoms with van der Waals surface area (Å²) in [5.74, 6) is -4.52. The molecule has 6 N–H and O–H groups in total. The summed E-state index contributed by atoms with van der Waals surface area (Å²) in [6.07, 6.45) is -1.67. The Bertz CT molecular complexity index is 2280. The zero-order chi connectivity index (χ0) is 49.2. The fourth-order valence-corrected chi connectivity index (χ4v) is 10.1. The predicted octanol–water partition coefficient (Wildman–Crippen LogP) is 3.11. The molecule has 0 bridgehead atoms. The lowest BCUT2D eigenvalue weighted by atomic mass is 9.78. The third kappa shape index (κ3) is 10.5. The number of likely N-dealkylation sites (N-methyl/N-ethyl adjacent to an activating group) is 1. The Morgan fingerprint density at radius 1 is 1.06 bits per heavy atom. The van der Waals surface area contributed by atoms with Crippen LogP contribution in [0.15, 0.2) is 47.5 Å². The van der Waals surface area contributed by atoms with Crippen molar-refractivity contribution in [2.75, 3.05) is 45.8 Å². The lowest BCUT2D eigenvalue weighted by molar-refractivity contribution is -0.295. The zero-order valence-electron chi connectivity index (χ0n) is 40.3. The average Bonchev–Trinajstić information content (AvgIpc) is 3.87. The number of fused-ring (bicyclic) bond motifs is 1. The number of esters is 1. The molecule has 6 rings (SSSR count). The lowest BCUT2D eigenvalue weighted by Gasteiger charge is -2.47. The summed E-state index contributed by atoms with van der Waals surface area (Å²) < 4.78 is 51.4. The van der Waals surface area contributed by atoms with Gasteiger partial charge in [0.15, 0.2) is 18.2 Å². The van der Waals surface area contributed by atoms with Gasteiger partial charge in [-0.15, -0.1) is 5.10 Å². The number of aliphatic hydroxyl groups excluding tert-OH is 1. The minimum atomic E-state index is -3.32. The fourth-order valence-electron chi connectivity index (χ4n) is 10.1. The van der Waals surface area contributed by atoms with Gasteiger partial charge in [-0.2, -0.15) is 4.98 Å². The number of aryl methyl sites for hydroxylation is 1. The molecule has 0 radical (unpaired) electrons. The highest BCUT2D eigenvalue weighted by Gasteiger charge is 2.64. The Kier molecular flexibility index (Phi) is 15.8. The zero-order valence-corrected chi connectivity index (χ0v) is 40.3. The van der Waals surface area contributed by atoms with E-state index in [1.165, 1.54) is 31.2 Å². The molecule has 3 fully saturated rings. The summed E-state index contributed by atoms with van der Waals surface area (Å²) in [5, 5.41) is 23.6. The number of methoxy groups -OCH3 is 1. The summed E-state index contributed by atoms with van der Waals surface area (Å²) >= 11 is 0. The van der Waals surface area contributed by atoms with Crippen molar-refractivity contribution in [3.63, 3.8) is 0 Å². The molecule has 2 aromatic heterocycles. The number of nitrogens with zero attached hydrogens (tertiary/aromatic N) is 7. The van der Waals surface area contributed by atoms with E-state index in [-0.39, 0.29) is 43.3 Å². The number of nitrogens with two attached hydrogens (primary N) is 2. The van der Waals surface area contributed by atoms with E-state index in [0.29, 0.717) is 43.7 Å². The largest absolute Gasteiger partial charge is 0.453 e. The van der Waals surface area contributed by atoms with Gasteiger partial charge in [0, 0.05) is 55.6 Å². The second-order valence-corrected chi connectivity index (χ2v) is 19.1. The van der Waals surface area contributed by atoms with Gasteiger partial charge in [-0.3, -0.25) is 18.9 Å². The van der Waals surface area contributed by atoms with Gasteiger partial charge in [-0.05, 0) is 105 Å². The van der Waals surface area contributed by atoms with E-state index < -0.39 is 83.1 Å². The van der Waals surface area contributed by atoms with Crippen LogP contribution in [0.4, 0.5) is 20.7 Å². The number of benzene rings is 1. The molecule has 1 aromatic carbocycles. The van der Waals surface area contributed by atoms with Crippen molar-refractivity contribution < 1.29 is 47.6 Å². The van der Waals surface area contributed by atoms with Gasteiger partial charge in [0.1, 0.15) is 23.7 Å². The second kappa shape index (κ2) is 20.7. The number of halogens is 1. The SMILES string of the molecule is CC[C@H]1OC(=O)C(C)(F)C(=O)[C@@H](C)[C@@H](O[C@@H]2O[C@H](C)CC(N(C)C)C2O)[C@](C)(OC)C[C@@H](C)CN[C@H](C)[C@H]2N(CCCCn3cc(-c4cccc(N)c4)nn3)C(=O)O[C@]12n1ccc(N)nc1=O. The first-order valence-corrected chi connectivity index (χ1v) is 23.1. The van der Waals surface area contributed by atoms with E-state index in [1.807, 2.05) is 51.9 Å². The summed E-state index contributed by atoms with van der Waals surface area (Å²) in [5.41, 5.74) is 6.26. The van der Waals surface area contributed by atoms with E-state index in [2.05, 4.69) is 20.6 Å². The number of amides is 1. The average molecular weight is 941 g/mol. The molecule has 370 valence electrons. The van der Waals surface area contributed by atoms with Gasteiger partial charge in [0.2, 0.25) is 0 Å². The first-order valence-electron chi connectivity index (χ1n) is 23.1. The quantitative estimate of drug-likeness (QED) is 0.0881. The number of carbonyl (C=O) groups excluding carboxylic acids is 3. The van der Waals surface area contributed by atoms with Gasteiger partial charge in [-0.25, -0.2) is 18.8 Å². The molecule has 1 amide bonds. The van der Waals surface area contributed by atoms with Crippen molar-refractivity contribution in [2.45, 2.75) is 153 Å². The maximum absolute atomic E-state index is 17.4. The number of rotatable bonds is 12. The van der Waals surface area contributed by atoms with Crippen LogP contribution >= 0.6 is 0 Å². The van der Waals surface area contributed by atoms with E-state index in [0.717, 1.165) is 17.1 Å². The molecule has 3 aliphatic heterocycles. The summed E-state index contributed by atoms with van der Waals surface area (Å²) in [6.45, 7) is 12.1. The Hall–Kier alpha value is -5.06. The Balaban J connectivity index is 1.37. The molecule has 13 atom stereocenters. The third-order valence-corrected chi connectivity index (χ3v) is 13.6. The number of Topliss-reactive ketones (excluding diaryl/α,β-unsaturated/α-hetero) is 1. The number of carbonyl (C=O) groups is 3. The number of hydrogen-bond donors (Lipinski definition) is 4. The van der Waals surface area contributed by atoms with Crippen LogP contribution < -0.4 is 22.5 Å². The predicted molar refractivity (Wildman–Crippen MR) is 245 cm³/mol. The van der Waals surface area contributed by atoms with Crippen LogP contribution in [0.2, 0.25) is 0 Å². The molecule has 3 aromatic rings. The number of aromatic nitrogens is 5. The molecule has 5 heterocycles. The Morgan fingerprint density at radius 3 is 2.43 bits per heavy atom. The minimum Gasteiger partial charge on any atom is -0.453 e. The van der Waals surface area contributed by atoms with Gasteiger partial charge < -0.3 is 50.5 Å². The van der Waals surface area contributed by atoms with Gasteiger partial charge in [0.25, 0.3) is 11.4 Å². The minimum absolute atomic E-state index is 0.111. The van der Waals surface area contributed by atoms with Crippen molar-refractivity contribution in [2.24, 2.45) is 11.8 Å². The molecule has 0 saturated carbocycles. The maximum atomic E-state index is 17.4. The molecular formula is C46H69FN10O10. The Morgan fingerprint density at radius 2 is 1.78 bits per heavy atom. The van der Waals surface area contributed by atoms with Crippen molar-refractivity contribution in [1.29, 1.82) is 0 Å². The van der Waals surface area contributed by atoms with Crippen LogP contribution in [-0.4, -0.2) is 152 Å². The smallest absolute Gasteiger partial charge is 0.412 e. The van der Waals surface area contributed by atoms with Crippen LogP contribution in [0, 0.1) is 11.8 Å². The number of nitrogens with one attached hydrogen (secondary N) is 1. The number of nitrogen functional groups attached to an aromatic ring is 2. The van der Waals surface area contributed by atoms with Crippen LogP contribution in [0.5, 0.6) is 0 Å². The van der Waals surface area contributed by atoms with Gasteiger partial charge >= 0.3 is 17.8 Å². The van der Waals surface area contributed by atoms with Crippen molar-refractivity contribution >= 4 is 29.4 Å². The van der Waals surface area contributed by atoms with Crippen molar-refractivity contribution in [3.8, 4) is 11.3 Å². The number of ether oxygens (including phenoxy) is 5. The number of ketones is 1. The van der Waals surface area contributed by atoms with Crippen LogP contribution in [0.3, 0.4) is 0 Å². The van der Waals surface area contributed by atoms with E-state index >= 15 is 4.39 Å². The van der Waals surface area contributed by atoms with Crippen LogP contribution in [-0.2, 0) is 45.5 Å². The lowest BCUT2D eigenvalue weighted by Crippen LogP contribution is -2.65. The topological polar surface area (TPSA) is 254 Å². The molecule has 21 heteroatoms. The van der Waals surface area contributed by atoms with Gasteiger partial charge in [-0.1, -0.05) is 38.1 Å². The molecular weight excluding hydrogens is 872 g/mol. The summed E-state index contributed by atoms with van der Waals surface area (Å²) in [7, 11) is 5.11. The van der Waals surface area contributed by atoms with Crippen molar-refractivity contribution in [3.05, 3.63) is 53.2 Å². The molecule has 3 saturated heterocycles. The molecule has 3 unspecified atom stereocenters. The molecule has 67 heavy (non-hydrogen) atoms. The molecule has 0 aliphatic carbocycles. The number of hydrogen-bond acceptors (Lipinski definition) is 17. The number of alkyl halides is 1. The number of unbranched alkanes of at least 4 members (excludes halogenated alkanes) is 1. The highest BCUT2D eigenvalue weighted by Crippen LogP contribution is 2.43.